The van der Waals surface area contributed by atoms with E-state index in [4.69, 9.17) is 4.42 Å². The molecule has 7 heteroatoms. The molecule has 0 radical (unpaired) electrons. The van der Waals surface area contributed by atoms with Gasteiger partial charge in [0.1, 0.15) is 16.5 Å². The largest absolute Gasteiger partial charge is 0.465 e. The molecule has 1 heterocycles. The fraction of sp³-hybridized carbons (Fsp3) is 0.188. The van der Waals surface area contributed by atoms with Crippen molar-refractivity contribution in [2.45, 2.75) is 17.9 Å². The standard InChI is InChI=1S/C16H16FNO4S/c1-11(18-16(19)8-6-13-4-3-9-22-13)12-5-7-15(14(17)10-12)23(2,20)21/h3-11H,1-2H3,(H,18,19)/b8-6+/t11-/m1/s1. The summed E-state index contributed by atoms with van der Waals surface area (Å²) in [5.41, 5.74) is 0.467. The summed E-state index contributed by atoms with van der Waals surface area (Å²) in [5, 5.41) is 2.66. The topological polar surface area (TPSA) is 76.4 Å². The maximum atomic E-state index is 13.9. The minimum atomic E-state index is -3.62. The van der Waals surface area contributed by atoms with E-state index < -0.39 is 21.7 Å². The molecule has 1 amide bonds. The van der Waals surface area contributed by atoms with E-state index >= 15 is 0 Å². The summed E-state index contributed by atoms with van der Waals surface area (Å²) in [6.07, 6.45) is 5.24. The Morgan fingerprint density at radius 3 is 2.65 bits per heavy atom. The van der Waals surface area contributed by atoms with Crippen molar-refractivity contribution in [3.63, 3.8) is 0 Å². The molecule has 0 unspecified atom stereocenters. The number of rotatable bonds is 5. The molecule has 23 heavy (non-hydrogen) atoms. The third-order valence-corrected chi connectivity index (χ3v) is 4.29. The van der Waals surface area contributed by atoms with Gasteiger partial charge in [-0.3, -0.25) is 4.79 Å². The number of hydrogen-bond acceptors (Lipinski definition) is 4. The first-order valence-electron chi connectivity index (χ1n) is 6.79. The molecule has 0 saturated heterocycles. The number of nitrogens with one attached hydrogen (secondary N) is 1. The average molecular weight is 337 g/mol. The van der Waals surface area contributed by atoms with Crippen molar-refractivity contribution in [1.29, 1.82) is 0 Å². The van der Waals surface area contributed by atoms with Gasteiger partial charge in [0, 0.05) is 12.3 Å². The molecule has 2 rings (SSSR count). The Kier molecular flexibility index (Phi) is 5.00. The van der Waals surface area contributed by atoms with Crippen LogP contribution in [0.5, 0.6) is 0 Å². The molecular formula is C16H16FNO4S. The van der Waals surface area contributed by atoms with Crippen LogP contribution in [0.15, 0.2) is 52.0 Å². The molecule has 5 nitrogen and oxygen atoms in total. The Bertz CT molecular complexity index is 826. The van der Waals surface area contributed by atoms with Gasteiger partial charge in [-0.25, -0.2) is 12.8 Å². The predicted octanol–water partition coefficient (Wildman–Crippen LogP) is 2.71. The van der Waals surface area contributed by atoms with E-state index in [2.05, 4.69) is 5.32 Å². The summed E-state index contributed by atoms with van der Waals surface area (Å²) < 4.78 is 41.7. The first kappa shape index (κ1) is 17.0. The minimum absolute atomic E-state index is 0.363. The van der Waals surface area contributed by atoms with Crippen LogP contribution in [0.2, 0.25) is 0 Å². The molecule has 1 atom stereocenters. The van der Waals surface area contributed by atoms with Crippen molar-refractivity contribution in [3.8, 4) is 0 Å². The monoisotopic (exact) mass is 337 g/mol. The Balaban J connectivity index is 2.07. The highest BCUT2D eigenvalue weighted by molar-refractivity contribution is 7.90. The second kappa shape index (κ2) is 6.78. The highest BCUT2D eigenvalue weighted by Gasteiger charge is 2.16. The van der Waals surface area contributed by atoms with E-state index in [1.54, 1.807) is 19.1 Å². The Morgan fingerprint density at radius 2 is 2.09 bits per heavy atom. The Morgan fingerprint density at radius 1 is 1.35 bits per heavy atom. The minimum Gasteiger partial charge on any atom is -0.465 e. The molecular weight excluding hydrogens is 321 g/mol. The fourth-order valence-electron chi connectivity index (χ4n) is 1.98. The molecule has 0 aliphatic rings. The smallest absolute Gasteiger partial charge is 0.244 e. The van der Waals surface area contributed by atoms with Crippen molar-refractivity contribution >= 4 is 21.8 Å². The lowest BCUT2D eigenvalue weighted by atomic mass is 10.1. The van der Waals surface area contributed by atoms with E-state index in [1.165, 1.54) is 30.5 Å². The van der Waals surface area contributed by atoms with Crippen molar-refractivity contribution < 1.29 is 22.0 Å². The van der Waals surface area contributed by atoms with E-state index in [0.717, 1.165) is 12.3 Å². The lowest BCUT2D eigenvalue weighted by Gasteiger charge is -2.14. The van der Waals surface area contributed by atoms with E-state index in [0.29, 0.717) is 11.3 Å². The van der Waals surface area contributed by atoms with Crippen LogP contribution in [0.1, 0.15) is 24.3 Å². The fourth-order valence-corrected chi connectivity index (χ4v) is 2.70. The van der Waals surface area contributed by atoms with Gasteiger partial charge in [0.05, 0.1) is 12.3 Å². The molecule has 2 aromatic rings. The van der Waals surface area contributed by atoms with Gasteiger partial charge in [0.25, 0.3) is 0 Å². The first-order chi connectivity index (χ1) is 10.8. The molecule has 0 fully saturated rings. The second-order valence-corrected chi connectivity index (χ2v) is 7.03. The van der Waals surface area contributed by atoms with E-state index in [-0.39, 0.29) is 10.8 Å². The molecule has 0 aliphatic heterocycles. The zero-order chi connectivity index (χ0) is 17.0. The van der Waals surface area contributed by atoms with Crippen LogP contribution in [0, 0.1) is 5.82 Å². The number of carbonyl (C=O) groups excluding carboxylic acids is 1. The zero-order valence-electron chi connectivity index (χ0n) is 12.6. The van der Waals surface area contributed by atoms with Gasteiger partial charge in [-0.1, -0.05) is 6.07 Å². The van der Waals surface area contributed by atoms with Crippen molar-refractivity contribution in [2.75, 3.05) is 6.26 Å². The molecule has 0 saturated carbocycles. The van der Waals surface area contributed by atoms with Gasteiger partial charge in [-0.05, 0) is 42.8 Å². The quantitative estimate of drug-likeness (QED) is 0.851. The normalized spacial score (nSPS) is 13.2. The van der Waals surface area contributed by atoms with Crippen LogP contribution in [-0.2, 0) is 14.6 Å². The second-order valence-electron chi connectivity index (χ2n) is 5.04. The number of benzene rings is 1. The van der Waals surface area contributed by atoms with Crippen LogP contribution in [0.4, 0.5) is 4.39 Å². The molecule has 1 aromatic heterocycles. The van der Waals surface area contributed by atoms with Gasteiger partial charge in [0.2, 0.25) is 5.91 Å². The average Bonchev–Trinajstić information content (AvgIpc) is 2.96. The number of halogens is 1. The summed E-state index contributed by atoms with van der Waals surface area (Å²) in [4.78, 5) is 11.4. The molecule has 0 aliphatic carbocycles. The van der Waals surface area contributed by atoms with Gasteiger partial charge >= 0.3 is 0 Å². The lowest BCUT2D eigenvalue weighted by molar-refractivity contribution is -0.117. The van der Waals surface area contributed by atoms with Gasteiger partial charge in [0.15, 0.2) is 9.84 Å². The SMILES string of the molecule is C[C@@H](NC(=O)/C=C/c1ccco1)c1ccc(S(C)(=O)=O)c(F)c1. The summed E-state index contributed by atoms with van der Waals surface area (Å²) in [6.45, 7) is 1.67. The van der Waals surface area contributed by atoms with Crippen molar-refractivity contribution in [1.82, 2.24) is 5.32 Å². The molecule has 122 valence electrons. The van der Waals surface area contributed by atoms with Crippen molar-refractivity contribution in [3.05, 3.63) is 59.8 Å². The van der Waals surface area contributed by atoms with E-state index in [1.807, 2.05) is 0 Å². The maximum absolute atomic E-state index is 13.9. The van der Waals surface area contributed by atoms with Crippen LogP contribution in [0.25, 0.3) is 6.08 Å². The number of carbonyl (C=O) groups is 1. The summed E-state index contributed by atoms with van der Waals surface area (Å²) in [5.74, 6) is -0.671. The van der Waals surface area contributed by atoms with Crippen LogP contribution in [0.3, 0.4) is 0 Å². The number of amides is 1. The number of sulfone groups is 1. The molecule has 0 spiro atoms. The lowest BCUT2D eigenvalue weighted by Crippen LogP contribution is -2.24. The summed E-state index contributed by atoms with van der Waals surface area (Å²) >= 11 is 0. The Hall–Kier alpha value is -2.41. The third kappa shape index (κ3) is 4.53. The van der Waals surface area contributed by atoms with Gasteiger partial charge < -0.3 is 9.73 Å². The number of hydrogen-bond donors (Lipinski definition) is 1. The van der Waals surface area contributed by atoms with Gasteiger partial charge in [-0.15, -0.1) is 0 Å². The zero-order valence-corrected chi connectivity index (χ0v) is 13.4. The highest BCUT2D eigenvalue weighted by atomic mass is 32.2. The molecule has 0 bridgehead atoms. The molecule has 1 N–H and O–H groups in total. The number of furan rings is 1. The summed E-state index contributed by atoms with van der Waals surface area (Å²) in [6, 6.07) is 6.70. The maximum Gasteiger partial charge on any atom is 0.244 e. The van der Waals surface area contributed by atoms with Crippen LogP contribution >= 0.6 is 0 Å². The Labute approximate surface area is 133 Å². The van der Waals surface area contributed by atoms with Crippen LogP contribution in [-0.4, -0.2) is 20.6 Å². The van der Waals surface area contributed by atoms with Gasteiger partial charge in [-0.2, -0.15) is 0 Å². The highest BCUT2D eigenvalue weighted by Crippen LogP contribution is 2.20. The first-order valence-corrected chi connectivity index (χ1v) is 8.68. The van der Waals surface area contributed by atoms with Crippen LogP contribution < -0.4 is 5.32 Å². The summed E-state index contributed by atoms with van der Waals surface area (Å²) in [7, 11) is -3.62. The predicted molar refractivity (Wildman–Crippen MR) is 83.8 cm³/mol. The third-order valence-electron chi connectivity index (χ3n) is 3.16. The van der Waals surface area contributed by atoms with E-state index in [9.17, 15) is 17.6 Å². The van der Waals surface area contributed by atoms with Crippen molar-refractivity contribution in [2.24, 2.45) is 0 Å². The molecule has 1 aromatic carbocycles.